The van der Waals surface area contributed by atoms with E-state index >= 15 is 0 Å². The Morgan fingerprint density at radius 2 is 2.21 bits per heavy atom. The Morgan fingerprint density at radius 3 is 3.04 bits per heavy atom. The molecule has 24 heavy (non-hydrogen) atoms. The lowest BCUT2D eigenvalue weighted by atomic mass is 10.1. The van der Waals surface area contributed by atoms with E-state index in [0.29, 0.717) is 17.8 Å². The van der Waals surface area contributed by atoms with E-state index in [1.165, 1.54) is 0 Å². The number of aryl methyl sites for hydroxylation is 2. The van der Waals surface area contributed by atoms with Crippen LogP contribution in [0.15, 0.2) is 18.6 Å². The van der Waals surface area contributed by atoms with Crippen LogP contribution in [0.3, 0.4) is 0 Å². The quantitative estimate of drug-likeness (QED) is 0.785. The van der Waals surface area contributed by atoms with E-state index in [0.717, 1.165) is 49.2 Å². The summed E-state index contributed by atoms with van der Waals surface area (Å²) < 4.78 is 4.03. The third-order valence-corrected chi connectivity index (χ3v) is 4.75. The molecular weight excluding hydrogens is 304 g/mol. The SMILES string of the molecule is CCc1nccn1[C@H]1CCCN(c2nc(N)c3cnn(C)c3n2)C1. The first-order valence-corrected chi connectivity index (χ1v) is 8.39. The van der Waals surface area contributed by atoms with Gasteiger partial charge in [0.15, 0.2) is 5.65 Å². The highest BCUT2D eigenvalue weighted by molar-refractivity contribution is 5.86. The molecule has 3 aromatic rings. The number of fused-ring (bicyclic) bond motifs is 1. The van der Waals surface area contributed by atoms with Crippen molar-refractivity contribution < 1.29 is 0 Å². The lowest BCUT2D eigenvalue weighted by Gasteiger charge is -2.34. The van der Waals surface area contributed by atoms with Gasteiger partial charge in [0, 0.05) is 39.0 Å². The van der Waals surface area contributed by atoms with Gasteiger partial charge in [-0.25, -0.2) is 4.98 Å². The van der Waals surface area contributed by atoms with E-state index in [2.05, 4.69) is 42.6 Å². The molecule has 0 radical (unpaired) electrons. The summed E-state index contributed by atoms with van der Waals surface area (Å²) >= 11 is 0. The minimum absolute atomic E-state index is 0.392. The molecule has 1 aliphatic rings. The Kier molecular flexibility index (Phi) is 3.59. The average molecular weight is 326 g/mol. The maximum absolute atomic E-state index is 6.11. The van der Waals surface area contributed by atoms with E-state index in [4.69, 9.17) is 5.73 Å². The Balaban J connectivity index is 1.66. The fraction of sp³-hybridized carbons (Fsp3) is 0.500. The van der Waals surface area contributed by atoms with Gasteiger partial charge >= 0.3 is 0 Å². The van der Waals surface area contributed by atoms with E-state index in [9.17, 15) is 0 Å². The van der Waals surface area contributed by atoms with Gasteiger partial charge in [-0.2, -0.15) is 15.1 Å². The first kappa shape index (κ1) is 14.9. The Labute approximate surface area is 140 Å². The van der Waals surface area contributed by atoms with Gasteiger partial charge in [-0.05, 0) is 12.8 Å². The zero-order valence-corrected chi connectivity index (χ0v) is 14.1. The van der Waals surface area contributed by atoms with Gasteiger partial charge in [0.2, 0.25) is 5.95 Å². The zero-order chi connectivity index (χ0) is 16.7. The van der Waals surface area contributed by atoms with Gasteiger partial charge in [0.25, 0.3) is 0 Å². The van der Waals surface area contributed by atoms with Crippen molar-refractivity contribution >= 4 is 22.8 Å². The molecule has 2 N–H and O–H groups in total. The van der Waals surface area contributed by atoms with Gasteiger partial charge in [0.1, 0.15) is 11.6 Å². The normalized spacial score (nSPS) is 18.4. The molecule has 8 heteroatoms. The van der Waals surface area contributed by atoms with Gasteiger partial charge in [-0.15, -0.1) is 0 Å². The van der Waals surface area contributed by atoms with Crippen LogP contribution in [0.4, 0.5) is 11.8 Å². The van der Waals surface area contributed by atoms with E-state index in [1.807, 2.05) is 13.2 Å². The number of piperidine rings is 1. The fourth-order valence-electron chi connectivity index (χ4n) is 3.49. The van der Waals surface area contributed by atoms with Crippen molar-refractivity contribution in [1.29, 1.82) is 0 Å². The van der Waals surface area contributed by atoms with Crippen LogP contribution >= 0.6 is 0 Å². The average Bonchev–Trinajstić information content (AvgIpc) is 3.22. The van der Waals surface area contributed by atoms with Crippen molar-refractivity contribution in [3.05, 3.63) is 24.4 Å². The number of nitrogens with zero attached hydrogens (tertiary/aromatic N) is 7. The van der Waals surface area contributed by atoms with Crippen molar-refractivity contribution in [2.45, 2.75) is 32.2 Å². The summed E-state index contributed by atoms with van der Waals surface area (Å²) in [6.45, 7) is 3.95. The summed E-state index contributed by atoms with van der Waals surface area (Å²) in [5.41, 5.74) is 6.88. The summed E-state index contributed by atoms with van der Waals surface area (Å²) in [5.74, 6) is 2.30. The number of hydrogen-bond acceptors (Lipinski definition) is 6. The monoisotopic (exact) mass is 326 g/mol. The highest BCUT2D eigenvalue weighted by Gasteiger charge is 2.25. The minimum Gasteiger partial charge on any atom is -0.383 e. The molecule has 0 spiro atoms. The topological polar surface area (TPSA) is 90.7 Å². The summed E-state index contributed by atoms with van der Waals surface area (Å²) in [6.07, 6.45) is 8.85. The van der Waals surface area contributed by atoms with Crippen LogP contribution in [-0.2, 0) is 13.5 Å². The molecule has 1 atom stereocenters. The van der Waals surface area contributed by atoms with Crippen LogP contribution in [0.1, 0.15) is 31.6 Å². The molecule has 0 unspecified atom stereocenters. The van der Waals surface area contributed by atoms with Crippen LogP contribution in [0.25, 0.3) is 11.0 Å². The maximum atomic E-state index is 6.11. The van der Waals surface area contributed by atoms with Crippen LogP contribution in [0.2, 0.25) is 0 Å². The number of rotatable bonds is 3. The Morgan fingerprint density at radius 1 is 1.33 bits per heavy atom. The number of imidazole rings is 1. The third-order valence-electron chi connectivity index (χ3n) is 4.75. The van der Waals surface area contributed by atoms with Crippen molar-refractivity contribution in [2.24, 2.45) is 7.05 Å². The molecule has 4 heterocycles. The molecule has 0 saturated carbocycles. The molecular formula is C16H22N8. The number of nitrogen functional groups attached to an aromatic ring is 1. The van der Waals surface area contributed by atoms with Gasteiger partial charge in [-0.3, -0.25) is 4.68 Å². The van der Waals surface area contributed by atoms with Crippen LogP contribution in [0.5, 0.6) is 0 Å². The summed E-state index contributed by atoms with van der Waals surface area (Å²) in [7, 11) is 1.87. The first-order valence-electron chi connectivity index (χ1n) is 8.39. The van der Waals surface area contributed by atoms with Crippen LogP contribution in [0, 0.1) is 0 Å². The molecule has 0 amide bonds. The van der Waals surface area contributed by atoms with Gasteiger partial charge in [-0.1, -0.05) is 6.92 Å². The van der Waals surface area contributed by atoms with E-state index in [-0.39, 0.29) is 0 Å². The molecule has 0 bridgehead atoms. The van der Waals surface area contributed by atoms with Crippen LogP contribution in [-0.4, -0.2) is 42.4 Å². The molecule has 4 rings (SSSR count). The summed E-state index contributed by atoms with van der Waals surface area (Å²) in [6, 6.07) is 0.392. The second-order valence-corrected chi connectivity index (χ2v) is 6.26. The zero-order valence-electron chi connectivity index (χ0n) is 14.1. The Hall–Kier alpha value is -2.64. The second-order valence-electron chi connectivity index (χ2n) is 6.26. The highest BCUT2D eigenvalue weighted by atomic mass is 15.3. The lowest BCUT2D eigenvalue weighted by Crippen LogP contribution is -2.38. The van der Waals surface area contributed by atoms with Gasteiger partial charge < -0.3 is 15.2 Å². The fourth-order valence-corrected chi connectivity index (χ4v) is 3.49. The summed E-state index contributed by atoms with van der Waals surface area (Å²) in [5, 5.41) is 5.03. The number of aromatic nitrogens is 6. The molecule has 1 fully saturated rings. The molecule has 3 aromatic heterocycles. The largest absolute Gasteiger partial charge is 0.383 e. The lowest BCUT2D eigenvalue weighted by molar-refractivity contribution is 0.393. The number of anilines is 2. The standard InChI is InChI=1S/C16H22N8/c1-3-13-18-6-8-24(13)11-5-4-7-23(10-11)16-20-14(17)12-9-19-22(2)15(12)21-16/h6,8-9,11H,3-5,7,10H2,1-2H3,(H2,17,20,21)/t11-/m0/s1. The predicted octanol–water partition coefficient (Wildman–Crippen LogP) is 1.55. The Bertz CT molecular complexity index is 864. The van der Waals surface area contributed by atoms with Gasteiger partial charge in [0.05, 0.1) is 17.6 Å². The molecule has 126 valence electrons. The van der Waals surface area contributed by atoms with E-state index < -0.39 is 0 Å². The smallest absolute Gasteiger partial charge is 0.229 e. The number of nitrogens with two attached hydrogens (primary N) is 1. The van der Waals surface area contributed by atoms with Crippen LogP contribution < -0.4 is 10.6 Å². The first-order chi connectivity index (χ1) is 11.7. The predicted molar refractivity (Wildman–Crippen MR) is 92.8 cm³/mol. The molecule has 1 saturated heterocycles. The summed E-state index contributed by atoms with van der Waals surface area (Å²) in [4.78, 5) is 15.9. The van der Waals surface area contributed by atoms with Crippen molar-refractivity contribution in [2.75, 3.05) is 23.7 Å². The molecule has 0 aromatic carbocycles. The molecule has 8 nitrogen and oxygen atoms in total. The van der Waals surface area contributed by atoms with Crippen molar-refractivity contribution in [1.82, 2.24) is 29.3 Å². The third kappa shape index (κ3) is 2.38. The van der Waals surface area contributed by atoms with E-state index in [1.54, 1.807) is 10.9 Å². The van der Waals surface area contributed by atoms with Crippen molar-refractivity contribution in [3.63, 3.8) is 0 Å². The molecule has 1 aliphatic heterocycles. The van der Waals surface area contributed by atoms with Crippen molar-refractivity contribution in [3.8, 4) is 0 Å². The highest BCUT2D eigenvalue weighted by Crippen LogP contribution is 2.27. The minimum atomic E-state index is 0.392. The second kappa shape index (κ2) is 5.77. The maximum Gasteiger partial charge on any atom is 0.229 e. The number of hydrogen-bond donors (Lipinski definition) is 1. The molecule has 0 aliphatic carbocycles.